The van der Waals surface area contributed by atoms with E-state index in [1.165, 1.54) is 0 Å². The lowest BCUT2D eigenvalue weighted by Gasteiger charge is -2.12. The maximum Gasteiger partial charge on any atom is 0.232 e. The normalized spacial score (nSPS) is 18.2. The topological polar surface area (TPSA) is 85.0 Å². The van der Waals surface area contributed by atoms with Crippen LogP contribution in [0.5, 0.6) is 0 Å². The second-order valence-electron chi connectivity index (χ2n) is 5.00. The number of likely N-dealkylation sites (tertiary alicyclic amines) is 1. The third kappa shape index (κ3) is 2.67. The number of carbonyl (C=O) groups excluding carboxylic acids is 1. The molecule has 2 aromatic heterocycles. The Hall–Kier alpha value is -2.57. The van der Waals surface area contributed by atoms with Crippen molar-refractivity contribution >= 4 is 5.91 Å². The summed E-state index contributed by atoms with van der Waals surface area (Å²) < 4.78 is 5.27. The summed E-state index contributed by atoms with van der Waals surface area (Å²) in [4.78, 5) is 17.9. The maximum absolute atomic E-state index is 11.8. The zero-order chi connectivity index (χ0) is 14.8. The quantitative estimate of drug-likeness (QED) is 0.788. The molecule has 0 radical (unpaired) electrons. The van der Waals surface area contributed by atoms with E-state index in [9.17, 15) is 4.79 Å². The van der Waals surface area contributed by atoms with Crippen LogP contribution in [-0.4, -0.2) is 44.2 Å². The SMILES string of the molecule is C=CCN1CC(c2nc(-c3ccc(C)nn3)no2)CC1=O. The van der Waals surface area contributed by atoms with E-state index < -0.39 is 0 Å². The van der Waals surface area contributed by atoms with Gasteiger partial charge in [0.15, 0.2) is 0 Å². The minimum absolute atomic E-state index is 0.0721. The van der Waals surface area contributed by atoms with Crippen LogP contribution in [0.1, 0.15) is 23.9 Å². The summed E-state index contributed by atoms with van der Waals surface area (Å²) in [7, 11) is 0. The minimum Gasteiger partial charge on any atom is -0.339 e. The molecule has 7 nitrogen and oxygen atoms in total. The summed E-state index contributed by atoms with van der Waals surface area (Å²) in [5.74, 6) is 0.867. The van der Waals surface area contributed by atoms with Gasteiger partial charge in [-0.05, 0) is 19.1 Å². The molecule has 1 amide bonds. The first-order valence-electron chi connectivity index (χ1n) is 6.70. The predicted molar refractivity (Wildman–Crippen MR) is 74.2 cm³/mol. The number of aromatic nitrogens is 4. The molecule has 0 aliphatic carbocycles. The van der Waals surface area contributed by atoms with Gasteiger partial charge in [0, 0.05) is 19.5 Å². The number of rotatable bonds is 4. The first kappa shape index (κ1) is 13.4. The molecule has 0 N–H and O–H groups in total. The van der Waals surface area contributed by atoms with Crippen LogP contribution in [0.3, 0.4) is 0 Å². The van der Waals surface area contributed by atoms with Crippen molar-refractivity contribution in [2.75, 3.05) is 13.1 Å². The van der Waals surface area contributed by atoms with Crippen LogP contribution in [0, 0.1) is 6.92 Å². The van der Waals surface area contributed by atoms with Crippen molar-refractivity contribution in [2.24, 2.45) is 0 Å². The van der Waals surface area contributed by atoms with Crippen LogP contribution < -0.4 is 0 Å². The van der Waals surface area contributed by atoms with Gasteiger partial charge in [-0.1, -0.05) is 11.2 Å². The highest BCUT2D eigenvalue weighted by Gasteiger charge is 2.33. The fourth-order valence-electron chi connectivity index (χ4n) is 2.29. The lowest BCUT2D eigenvalue weighted by molar-refractivity contribution is -0.127. The molecule has 0 spiro atoms. The van der Waals surface area contributed by atoms with Crippen molar-refractivity contribution in [3.8, 4) is 11.5 Å². The monoisotopic (exact) mass is 285 g/mol. The number of amides is 1. The van der Waals surface area contributed by atoms with Gasteiger partial charge in [-0.15, -0.1) is 11.7 Å². The molecule has 1 saturated heterocycles. The second-order valence-corrected chi connectivity index (χ2v) is 5.00. The van der Waals surface area contributed by atoms with Gasteiger partial charge in [-0.3, -0.25) is 4.79 Å². The van der Waals surface area contributed by atoms with Gasteiger partial charge in [0.05, 0.1) is 11.6 Å². The van der Waals surface area contributed by atoms with Crippen molar-refractivity contribution in [1.29, 1.82) is 0 Å². The Balaban J connectivity index is 1.78. The molecule has 7 heteroatoms. The Morgan fingerprint density at radius 3 is 3.05 bits per heavy atom. The summed E-state index contributed by atoms with van der Waals surface area (Å²) >= 11 is 0. The average molecular weight is 285 g/mol. The van der Waals surface area contributed by atoms with E-state index in [1.54, 1.807) is 17.0 Å². The van der Waals surface area contributed by atoms with Crippen molar-refractivity contribution in [1.82, 2.24) is 25.2 Å². The van der Waals surface area contributed by atoms with Crippen LogP contribution in [-0.2, 0) is 4.79 Å². The van der Waals surface area contributed by atoms with E-state index in [4.69, 9.17) is 4.52 Å². The third-order valence-corrected chi connectivity index (χ3v) is 3.38. The van der Waals surface area contributed by atoms with E-state index >= 15 is 0 Å². The number of hydrogen-bond acceptors (Lipinski definition) is 6. The lowest BCUT2D eigenvalue weighted by atomic mass is 10.1. The predicted octanol–water partition coefficient (Wildman–Crippen LogP) is 1.34. The number of carbonyl (C=O) groups is 1. The smallest absolute Gasteiger partial charge is 0.232 e. The van der Waals surface area contributed by atoms with Gasteiger partial charge in [-0.2, -0.15) is 10.1 Å². The number of aryl methyl sites for hydroxylation is 1. The minimum atomic E-state index is -0.0721. The van der Waals surface area contributed by atoms with Crippen LogP contribution >= 0.6 is 0 Å². The van der Waals surface area contributed by atoms with E-state index in [1.807, 2.05) is 13.0 Å². The van der Waals surface area contributed by atoms with Crippen molar-refractivity contribution in [3.05, 3.63) is 36.4 Å². The molecule has 3 heterocycles. The van der Waals surface area contributed by atoms with Crippen LogP contribution in [0.2, 0.25) is 0 Å². The Kier molecular flexibility index (Phi) is 3.47. The van der Waals surface area contributed by atoms with Crippen LogP contribution in [0.15, 0.2) is 29.3 Å². The summed E-state index contributed by atoms with van der Waals surface area (Å²) in [5, 5.41) is 11.9. The van der Waals surface area contributed by atoms with Crippen molar-refractivity contribution in [3.63, 3.8) is 0 Å². The highest BCUT2D eigenvalue weighted by atomic mass is 16.5. The van der Waals surface area contributed by atoms with Gasteiger partial charge in [0.1, 0.15) is 5.69 Å². The van der Waals surface area contributed by atoms with Gasteiger partial charge in [0.2, 0.25) is 17.6 Å². The largest absolute Gasteiger partial charge is 0.339 e. The highest BCUT2D eigenvalue weighted by molar-refractivity contribution is 5.79. The molecule has 1 aliphatic rings. The first-order chi connectivity index (χ1) is 10.2. The Bertz CT molecular complexity index is 664. The Labute approximate surface area is 121 Å². The van der Waals surface area contributed by atoms with Gasteiger partial charge < -0.3 is 9.42 Å². The molecule has 21 heavy (non-hydrogen) atoms. The van der Waals surface area contributed by atoms with Crippen LogP contribution in [0.25, 0.3) is 11.5 Å². The van der Waals surface area contributed by atoms with Gasteiger partial charge >= 0.3 is 0 Å². The molecule has 0 bridgehead atoms. The molecule has 2 aromatic rings. The van der Waals surface area contributed by atoms with E-state index in [-0.39, 0.29) is 11.8 Å². The summed E-state index contributed by atoms with van der Waals surface area (Å²) in [6.07, 6.45) is 2.09. The molecule has 1 atom stereocenters. The molecular weight excluding hydrogens is 270 g/mol. The highest BCUT2D eigenvalue weighted by Crippen LogP contribution is 2.28. The average Bonchev–Trinajstić information content (AvgIpc) is 3.08. The number of nitrogens with zero attached hydrogens (tertiary/aromatic N) is 5. The number of hydrogen-bond donors (Lipinski definition) is 0. The van der Waals surface area contributed by atoms with Crippen molar-refractivity contribution in [2.45, 2.75) is 19.3 Å². The lowest BCUT2D eigenvalue weighted by Crippen LogP contribution is -2.24. The molecule has 1 unspecified atom stereocenters. The second kappa shape index (κ2) is 5.43. The maximum atomic E-state index is 11.8. The molecule has 0 saturated carbocycles. The van der Waals surface area contributed by atoms with Crippen molar-refractivity contribution < 1.29 is 9.32 Å². The Morgan fingerprint density at radius 2 is 2.33 bits per heavy atom. The van der Waals surface area contributed by atoms with Gasteiger partial charge in [-0.25, -0.2) is 0 Å². The fraction of sp³-hybridized carbons (Fsp3) is 0.357. The standard InChI is InChI=1S/C14H15N5O2/c1-3-6-19-8-10(7-12(19)20)14-15-13(18-21-14)11-5-4-9(2)16-17-11/h3-5,10H,1,6-8H2,2H3. The molecule has 1 aliphatic heterocycles. The molecule has 0 aromatic carbocycles. The van der Waals surface area contributed by atoms with E-state index in [0.717, 1.165) is 5.69 Å². The summed E-state index contributed by atoms with van der Waals surface area (Å²) in [5.41, 5.74) is 1.38. The molecular formula is C14H15N5O2. The van der Waals surface area contributed by atoms with E-state index in [0.29, 0.717) is 36.9 Å². The third-order valence-electron chi connectivity index (χ3n) is 3.38. The fourth-order valence-corrected chi connectivity index (χ4v) is 2.29. The zero-order valence-electron chi connectivity index (χ0n) is 11.7. The zero-order valence-corrected chi connectivity index (χ0v) is 11.7. The van der Waals surface area contributed by atoms with Crippen LogP contribution in [0.4, 0.5) is 0 Å². The van der Waals surface area contributed by atoms with E-state index in [2.05, 4.69) is 26.9 Å². The molecule has 108 valence electrons. The Morgan fingerprint density at radius 1 is 1.48 bits per heavy atom. The summed E-state index contributed by atoms with van der Waals surface area (Å²) in [6, 6.07) is 3.63. The summed E-state index contributed by atoms with van der Waals surface area (Å²) in [6.45, 7) is 6.62. The molecule has 1 fully saturated rings. The molecule has 3 rings (SSSR count). The van der Waals surface area contributed by atoms with Gasteiger partial charge in [0.25, 0.3) is 0 Å². The first-order valence-corrected chi connectivity index (χ1v) is 6.70.